The maximum Gasteiger partial charge on any atom is 0.306 e. The quantitative estimate of drug-likeness (QED) is 0.663. The van der Waals surface area contributed by atoms with E-state index in [1.54, 1.807) is 20.8 Å². The number of carbonyl (C=O) groups is 2. The summed E-state index contributed by atoms with van der Waals surface area (Å²) in [5, 5.41) is 8.58. The van der Waals surface area contributed by atoms with Crippen LogP contribution in [-0.2, 0) is 14.3 Å². The number of carboxylic acid groups (broad SMARTS) is 1. The SMILES string of the molecule is CCC(=O)OC(C)CC(C)C(=O)O. The second-order valence-electron chi connectivity index (χ2n) is 3.13. The Kier molecular flexibility index (Phi) is 5.11. The van der Waals surface area contributed by atoms with E-state index < -0.39 is 11.9 Å². The molecule has 0 saturated carbocycles. The highest BCUT2D eigenvalue weighted by atomic mass is 16.5. The number of carboxylic acids is 1. The molecule has 0 rings (SSSR count). The minimum atomic E-state index is -0.862. The van der Waals surface area contributed by atoms with Crippen molar-refractivity contribution in [1.29, 1.82) is 0 Å². The fraction of sp³-hybridized carbons (Fsp3) is 0.778. The standard InChI is InChI=1S/C9H16O4/c1-4-8(10)13-7(3)5-6(2)9(11)12/h6-7H,4-5H2,1-3H3,(H,11,12). The van der Waals surface area contributed by atoms with Crippen LogP contribution < -0.4 is 0 Å². The van der Waals surface area contributed by atoms with Gasteiger partial charge in [0.1, 0.15) is 0 Å². The lowest BCUT2D eigenvalue weighted by atomic mass is 10.1. The molecule has 13 heavy (non-hydrogen) atoms. The van der Waals surface area contributed by atoms with Crippen molar-refractivity contribution in [2.75, 3.05) is 0 Å². The molecule has 0 fully saturated rings. The fourth-order valence-electron chi connectivity index (χ4n) is 0.955. The topological polar surface area (TPSA) is 63.6 Å². The summed E-state index contributed by atoms with van der Waals surface area (Å²) in [4.78, 5) is 21.3. The Balaban J connectivity index is 3.80. The normalized spacial score (nSPS) is 14.7. The average molecular weight is 188 g/mol. The second kappa shape index (κ2) is 5.56. The summed E-state index contributed by atoms with van der Waals surface area (Å²) < 4.78 is 4.92. The fourth-order valence-corrected chi connectivity index (χ4v) is 0.955. The van der Waals surface area contributed by atoms with Crippen LogP contribution in [0.1, 0.15) is 33.6 Å². The molecule has 0 aromatic heterocycles. The van der Waals surface area contributed by atoms with Crippen LogP contribution in [0.5, 0.6) is 0 Å². The Morgan fingerprint density at radius 2 is 1.92 bits per heavy atom. The predicted molar refractivity (Wildman–Crippen MR) is 47.3 cm³/mol. The van der Waals surface area contributed by atoms with Crippen LogP contribution in [0.2, 0.25) is 0 Å². The van der Waals surface area contributed by atoms with Crippen molar-refractivity contribution in [3.63, 3.8) is 0 Å². The summed E-state index contributed by atoms with van der Waals surface area (Å²) in [6, 6.07) is 0. The molecule has 0 heterocycles. The van der Waals surface area contributed by atoms with Gasteiger partial charge >= 0.3 is 11.9 Å². The van der Waals surface area contributed by atoms with Gasteiger partial charge < -0.3 is 9.84 Å². The number of aliphatic carboxylic acids is 1. The molecule has 0 aromatic rings. The molecule has 2 unspecified atom stereocenters. The summed E-state index contributed by atoms with van der Waals surface area (Å²) in [5.41, 5.74) is 0. The van der Waals surface area contributed by atoms with E-state index in [1.807, 2.05) is 0 Å². The van der Waals surface area contributed by atoms with Crippen LogP contribution in [0.4, 0.5) is 0 Å². The minimum absolute atomic E-state index is 0.287. The molecule has 0 radical (unpaired) electrons. The molecule has 0 spiro atoms. The van der Waals surface area contributed by atoms with Gasteiger partial charge in [-0.15, -0.1) is 0 Å². The van der Waals surface area contributed by atoms with Crippen molar-refractivity contribution >= 4 is 11.9 Å². The molecular formula is C9H16O4. The van der Waals surface area contributed by atoms with Crippen LogP contribution >= 0.6 is 0 Å². The number of hydrogen-bond acceptors (Lipinski definition) is 3. The Bertz CT molecular complexity index is 188. The molecular weight excluding hydrogens is 172 g/mol. The van der Waals surface area contributed by atoms with E-state index >= 15 is 0 Å². The van der Waals surface area contributed by atoms with Crippen LogP contribution in [0.15, 0.2) is 0 Å². The molecule has 0 aliphatic rings. The molecule has 0 aliphatic heterocycles. The molecule has 0 bridgehead atoms. The van der Waals surface area contributed by atoms with Crippen molar-refractivity contribution in [2.45, 2.75) is 39.7 Å². The lowest BCUT2D eigenvalue weighted by molar-refractivity contribution is -0.151. The van der Waals surface area contributed by atoms with Crippen molar-refractivity contribution in [1.82, 2.24) is 0 Å². The van der Waals surface area contributed by atoms with Crippen molar-refractivity contribution in [3.8, 4) is 0 Å². The van der Waals surface area contributed by atoms with Gasteiger partial charge in [-0.2, -0.15) is 0 Å². The van der Waals surface area contributed by atoms with Gasteiger partial charge in [-0.05, 0) is 13.3 Å². The summed E-state index contributed by atoms with van der Waals surface area (Å²) >= 11 is 0. The number of esters is 1. The molecule has 4 nitrogen and oxygen atoms in total. The van der Waals surface area contributed by atoms with E-state index in [-0.39, 0.29) is 12.1 Å². The third kappa shape index (κ3) is 5.22. The monoisotopic (exact) mass is 188 g/mol. The highest BCUT2D eigenvalue weighted by Crippen LogP contribution is 2.09. The third-order valence-corrected chi connectivity index (χ3v) is 1.73. The summed E-state index contributed by atoms with van der Waals surface area (Å²) in [6.07, 6.45) is 0.367. The zero-order valence-electron chi connectivity index (χ0n) is 8.24. The third-order valence-electron chi connectivity index (χ3n) is 1.73. The highest BCUT2D eigenvalue weighted by Gasteiger charge is 2.17. The first kappa shape index (κ1) is 11.9. The number of carbonyl (C=O) groups excluding carboxylic acids is 1. The molecule has 0 saturated heterocycles. The first-order valence-corrected chi connectivity index (χ1v) is 4.39. The van der Waals surface area contributed by atoms with Gasteiger partial charge in [0.2, 0.25) is 0 Å². The maximum absolute atomic E-state index is 10.8. The van der Waals surface area contributed by atoms with Crippen LogP contribution in [0, 0.1) is 5.92 Å². The summed E-state index contributed by atoms with van der Waals surface area (Å²) in [5.74, 6) is -1.62. The zero-order valence-corrected chi connectivity index (χ0v) is 8.24. The highest BCUT2D eigenvalue weighted by molar-refractivity contribution is 5.70. The Morgan fingerprint density at radius 1 is 1.38 bits per heavy atom. The van der Waals surface area contributed by atoms with Crippen LogP contribution in [0.3, 0.4) is 0 Å². The van der Waals surface area contributed by atoms with Gasteiger partial charge in [0.05, 0.1) is 12.0 Å². The largest absolute Gasteiger partial charge is 0.481 e. The van der Waals surface area contributed by atoms with Crippen molar-refractivity contribution < 1.29 is 19.4 Å². The first-order chi connectivity index (χ1) is 5.97. The van der Waals surface area contributed by atoms with Crippen molar-refractivity contribution in [3.05, 3.63) is 0 Å². The van der Waals surface area contributed by atoms with Gasteiger partial charge in [-0.25, -0.2) is 0 Å². The first-order valence-electron chi connectivity index (χ1n) is 4.39. The smallest absolute Gasteiger partial charge is 0.306 e. The molecule has 2 atom stereocenters. The molecule has 4 heteroatoms. The van der Waals surface area contributed by atoms with E-state index in [2.05, 4.69) is 0 Å². The second-order valence-corrected chi connectivity index (χ2v) is 3.13. The average Bonchev–Trinajstić information content (AvgIpc) is 2.03. The molecule has 1 N–H and O–H groups in total. The predicted octanol–water partition coefficient (Wildman–Crippen LogP) is 1.44. The number of hydrogen-bond donors (Lipinski definition) is 1. The zero-order chi connectivity index (χ0) is 10.4. The van der Waals surface area contributed by atoms with Gasteiger partial charge in [0, 0.05) is 6.42 Å². The Labute approximate surface area is 77.9 Å². The summed E-state index contributed by atoms with van der Waals surface area (Å²) in [6.45, 7) is 5.00. The van der Waals surface area contributed by atoms with Crippen molar-refractivity contribution in [2.24, 2.45) is 5.92 Å². The Hall–Kier alpha value is -1.06. The number of rotatable bonds is 5. The number of ether oxygens (including phenoxy) is 1. The minimum Gasteiger partial charge on any atom is -0.481 e. The lowest BCUT2D eigenvalue weighted by Gasteiger charge is -2.14. The lowest BCUT2D eigenvalue weighted by Crippen LogP contribution is -2.20. The van der Waals surface area contributed by atoms with Crippen LogP contribution in [-0.4, -0.2) is 23.1 Å². The van der Waals surface area contributed by atoms with E-state index in [4.69, 9.17) is 9.84 Å². The van der Waals surface area contributed by atoms with Gasteiger partial charge in [0.25, 0.3) is 0 Å². The van der Waals surface area contributed by atoms with Gasteiger partial charge in [-0.1, -0.05) is 13.8 Å². The van der Waals surface area contributed by atoms with Gasteiger partial charge in [0.15, 0.2) is 0 Å². The molecule has 0 aromatic carbocycles. The maximum atomic E-state index is 10.8. The van der Waals surface area contributed by atoms with E-state index in [0.29, 0.717) is 12.8 Å². The van der Waals surface area contributed by atoms with Gasteiger partial charge in [-0.3, -0.25) is 9.59 Å². The molecule has 76 valence electrons. The van der Waals surface area contributed by atoms with Crippen LogP contribution in [0.25, 0.3) is 0 Å². The van der Waals surface area contributed by atoms with E-state index in [0.717, 1.165) is 0 Å². The molecule has 0 amide bonds. The molecule has 0 aliphatic carbocycles. The van der Waals surface area contributed by atoms with E-state index in [1.165, 1.54) is 0 Å². The summed E-state index contributed by atoms with van der Waals surface area (Å²) in [7, 11) is 0. The van der Waals surface area contributed by atoms with E-state index in [9.17, 15) is 9.59 Å². The Morgan fingerprint density at radius 3 is 2.31 bits per heavy atom.